The van der Waals surface area contributed by atoms with Gasteiger partial charge in [-0.1, -0.05) is 18.2 Å². The molecule has 2 aromatic rings. The summed E-state index contributed by atoms with van der Waals surface area (Å²) in [6.45, 7) is 2.24. The maximum absolute atomic E-state index is 12.1. The topological polar surface area (TPSA) is 142 Å². The van der Waals surface area contributed by atoms with Crippen LogP contribution in [0.3, 0.4) is 0 Å². The van der Waals surface area contributed by atoms with Crippen molar-refractivity contribution in [2.45, 2.75) is 13.8 Å². The third kappa shape index (κ3) is 4.42. The Labute approximate surface area is 153 Å². The van der Waals surface area contributed by atoms with Gasteiger partial charge in [-0.3, -0.25) is 25.0 Å². The number of rotatable bonds is 6. The molecule has 0 unspecified atom stereocenters. The highest BCUT2D eigenvalue weighted by molar-refractivity contribution is 5.98. The van der Waals surface area contributed by atoms with Gasteiger partial charge in [-0.05, 0) is 26.0 Å². The summed E-state index contributed by atoms with van der Waals surface area (Å²) in [5.41, 5.74) is -0.0913. The zero-order valence-corrected chi connectivity index (χ0v) is 14.4. The van der Waals surface area contributed by atoms with E-state index in [4.69, 9.17) is 4.74 Å². The van der Waals surface area contributed by atoms with E-state index >= 15 is 0 Å². The molecule has 0 fully saturated rings. The predicted octanol–water partition coefficient (Wildman–Crippen LogP) is 2.92. The van der Waals surface area contributed by atoms with Gasteiger partial charge in [0.25, 0.3) is 17.3 Å². The van der Waals surface area contributed by atoms with Gasteiger partial charge in [0, 0.05) is 11.6 Å². The molecule has 0 aliphatic heterocycles. The van der Waals surface area contributed by atoms with E-state index in [2.05, 4.69) is 5.32 Å². The number of carbonyl (C=O) groups excluding carboxylic acids is 2. The number of nitro groups is 2. The summed E-state index contributed by atoms with van der Waals surface area (Å²) >= 11 is 0. The third-order valence-corrected chi connectivity index (χ3v) is 3.75. The molecular weight excluding hydrogens is 358 g/mol. The third-order valence-electron chi connectivity index (χ3n) is 3.75. The summed E-state index contributed by atoms with van der Waals surface area (Å²) < 4.78 is 4.84. The lowest BCUT2D eigenvalue weighted by Crippen LogP contribution is -2.22. The first-order valence-electron chi connectivity index (χ1n) is 7.67. The molecule has 140 valence electrons. The van der Waals surface area contributed by atoms with E-state index in [1.54, 1.807) is 0 Å². The van der Waals surface area contributed by atoms with E-state index in [0.29, 0.717) is 0 Å². The summed E-state index contributed by atoms with van der Waals surface area (Å²) in [5.74, 6) is -1.75. The Morgan fingerprint density at radius 3 is 2.33 bits per heavy atom. The molecule has 0 saturated carbocycles. The highest BCUT2D eigenvalue weighted by Gasteiger charge is 2.24. The summed E-state index contributed by atoms with van der Waals surface area (Å²) in [6, 6.07) is 8.34. The number of anilines is 1. The maximum atomic E-state index is 12.1. The predicted molar refractivity (Wildman–Crippen MR) is 94.6 cm³/mol. The molecule has 0 atom stereocenters. The molecule has 2 aromatic carbocycles. The number of nitro benzene ring substituents is 2. The number of nitrogens with one attached hydrogen (secondary N) is 1. The average molecular weight is 373 g/mol. The first-order chi connectivity index (χ1) is 12.7. The minimum Gasteiger partial charge on any atom is -0.452 e. The van der Waals surface area contributed by atoms with Crippen LogP contribution in [0.15, 0.2) is 36.4 Å². The Bertz CT molecular complexity index is 940. The molecule has 2 rings (SSSR count). The molecule has 1 N–H and O–H groups in total. The van der Waals surface area contributed by atoms with E-state index in [9.17, 15) is 29.8 Å². The van der Waals surface area contributed by atoms with Crippen LogP contribution in [-0.2, 0) is 9.53 Å². The van der Waals surface area contributed by atoms with Crippen LogP contribution in [0.4, 0.5) is 17.1 Å². The average Bonchev–Trinajstić information content (AvgIpc) is 2.60. The lowest BCUT2D eigenvalue weighted by molar-refractivity contribution is -0.385. The smallest absolute Gasteiger partial charge is 0.345 e. The van der Waals surface area contributed by atoms with Gasteiger partial charge >= 0.3 is 5.97 Å². The minimum absolute atomic E-state index is 0.166. The second kappa shape index (κ2) is 8.04. The standard InChI is InChI=1S/C17H15N3O7/c1-10-5-3-6-12(16(10)20(25)26)17(22)27-9-15(21)18-13-7-4-8-14(11(13)2)19(23)24/h3-8H,9H2,1-2H3,(H,18,21). The van der Waals surface area contributed by atoms with Crippen LogP contribution < -0.4 is 5.32 Å². The molecule has 0 aliphatic carbocycles. The van der Waals surface area contributed by atoms with Crippen molar-refractivity contribution in [3.63, 3.8) is 0 Å². The van der Waals surface area contributed by atoms with Crippen LogP contribution in [0.1, 0.15) is 21.5 Å². The van der Waals surface area contributed by atoms with Gasteiger partial charge in [0.05, 0.1) is 21.1 Å². The first-order valence-corrected chi connectivity index (χ1v) is 7.67. The van der Waals surface area contributed by atoms with Crippen LogP contribution in [-0.4, -0.2) is 28.3 Å². The van der Waals surface area contributed by atoms with Gasteiger partial charge in [0.15, 0.2) is 6.61 Å². The first kappa shape index (κ1) is 19.5. The number of benzene rings is 2. The van der Waals surface area contributed by atoms with Crippen LogP contribution in [0.2, 0.25) is 0 Å². The molecule has 10 heteroatoms. The summed E-state index contributed by atoms with van der Waals surface area (Å²) in [4.78, 5) is 44.8. The Kier molecular flexibility index (Phi) is 5.81. The number of nitrogens with zero attached hydrogens (tertiary/aromatic N) is 2. The molecule has 0 aliphatic rings. The van der Waals surface area contributed by atoms with Crippen molar-refractivity contribution in [3.8, 4) is 0 Å². The van der Waals surface area contributed by atoms with Crippen LogP contribution >= 0.6 is 0 Å². The van der Waals surface area contributed by atoms with Gasteiger partial charge < -0.3 is 10.1 Å². The normalized spacial score (nSPS) is 10.1. The Hall–Kier alpha value is -3.82. The zero-order chi connectivity index (χ0) is 20.1. The van der Waals surface area contributed by atoms with Crippen molar-refractivity contribution in [1.29, 1.82) is 0 Å². The number of amides is 1. The van der Waals surface area contributed by atoms with E-state index in [1.165, 1.54) is 50.2 Å². The number of esters is 1. The van der Waals surface area contributed by atoms with E-state index in [1.807, 2.05) is 0 Å². The molecule has 10 nitrogen and oxygen atoms in total. The van der Waals surface area contributed by atoms with E-state index in [-0.39, 0.29) is 28.1 Å². The Morgan fingerprint density at radius 2 is 1.70 bits per heavy atom. The molecule has 0 saturated heterocycles. The highest BCUT2D eigenvalue weighted by atomic mass is 16.6. The van der Waals surface area contributed by atoms with Gasteiger partial charge in [-0.2, -0.15) is 0 Å². The lowest BCUT2D eigenvalue weighted by Gasteiger charge is -2.09. The second-order valence-electron chi connectivity index (χ2n) is 5.56. The summed E-state index contributed by atoms with van der Waals surface area (Å²) in [7, 11) is 0. The number of carbonyl (C=O) groups is 2. The quantitative estimate of drug-likeness (QED) is 0.466. The highest BCUT2D eigenvalue weighted by Crippen LogP contribution is 2.25. The number of aryl methyl sites for hydroxylation is 1. The van der Waals surface area contributed by atoms with Gasteiger partial charge in [-0.15, -0.1) is 0 Å². The maximum Gasteiger partial charge on any atom is 0.345 e. The van der Waals surface area contributed by atoms with E-state index < -0.39 is 34.0 Å². The fourth-order valence-corrected chi connectivity index (χ4v) is 2.42. The van der Waals surface area contributed by atoms with Crippen molar-refractivity contribution in [2.75, 3.05) is 11.9 Å². The van der Waals surface area contributed by atoms with Crippen molar-refractivity contribution >= 4 is 28.9 Å². The van der Waals surface area contributed by atoms with Crippen LogP contribution in [0.25, 0.3) is 0 Å². The molecule has 0 heterocycles. The monoisotopic (exact) mass is 373 g/mol. The zero-order valence-electron chi connectivity index (χ0n) is 14.4. The van der Waals surface area contributed by atoms with Crippen LogP contribution in [0, 0.1) is 34.1 Å². The summed E-state index contributed by atoms with van der Waals surface area (Å²) in [5, 5.41) is 24.4. The fourth-order valence-electron chi connectivity index (χ4n) is 2.42. The summed E-state index contributed by atoms with van der Waals surface area (Å²) in [6.07, 6.45) is 0. The van der Waals surface area contributed by atoms with Crippen molar-refractivity contribution in [3.05, 3.63) is 73.3 Å². The number of ether oxygens (including phenoxy) is 1. The number of para-hydroxylation sites is 1. The van der Waals surface area contributed by atoms with Crippen molar-refractivity contribution < 1.29 is 24.2 Å². The van der Waals surface area contributed by atoms with Gasteiger partial charge in [-0.25, -0.2) is 4.79 Å². The van der Waals surface area contributed by atoms with Gasteiger partial charge in [0.2, 0.25) is 0 Å². The molecule has 1 amide bonds. The molecular formula is C17H15N3O7. The number of hydrogen-bond donors (Lipinski definition) is 1. The molecule has 0 radical (unpaired) electrons. The minimum atomic E-state index is -1.02. The van der Waals surface area contributed by atoms with Crippen molar-refractivity contribution in [2.24, 2.45) is 0 Å². The van der Waals surface area contributed by atoms with Gasteiger partial charge in [0.1, 0.15) is 5.56 Å². The molecule has 0 spiro atoms. The van der Waals surface area contributed by atoms with Crippen LogP contribution in [0.5, 0.6) is 0 Å². The molecule has 27 heavy (non-hydrogen) atoms. The van der Waals surface area contributed by atoms with Crippen molar-refractivity contribution in [1.82, 2.24) is 0 Å². The largest absolute Gasteiger partial charge is 0.452 e. The fraction of sp³-hybridized carbons (Fsp3) is 0.176. The SMILES string of the molecule is Cc1cccc(C(=O)OCC(=O)Nc2cccc([N+](=O)[O-])c2C)c1[N+](=O)[O-]. The lowest BCUT2D eigenvalue weighted by atomic mass is 10.1. The second-order valence-corrected chi connectivity index (χ2v) is 5.56. The molecule has 0 bridgehead atoms. The Balaban J connectivity index is 2.08. The van der Waals surface area contributed by atoms with E-state index in [0.717, 1.165) is 0 Å². The number of hydrogen-bond acceptors (Lipinski definition) is 7. The Morgan fingerprint density at radius 1 is 1.04 bits per heavy atom. The molecule has 0 aromatic heterocycles.